The lowest BCUT2D eigenvalue weighted by atomic mass is 10.1. The Bertz CT molecular complexity index is 582. The first-order chi connectivity index (χ1) is 8.49. The fourth-order valence-electron chi connectivity index (χ4n) is 1.78. The number of nitrogens with zero attached hydrogens (tertiary/aromatic N) is 1. The van der Waals surface area contributed by atoms with Crippen LogP contribution < -0.4 is 10.6 Å². The van der Waals surface area contributed by atoms with E-state index in [-0.39, 0.29) is 11.6 Å². The van der Waals surface area contributed by atoms with Crippen LogP contribution >= 0.6 is 0 Å². The molecular formula is C14H14F2N2. The standard InChI is InChI=1S/C14H14F2N2/c1-9-7-11(4-5-12(9)16)18(2)14-8-10(15)3-6-13(14)17/h3-8H,17H2,1-2H3. The molecule has 94 valence electrons. The average Bonchev–Trinajstić information content (AvgIpc) is 2.35. The largest absolute Gasteiger partial charge is 0.397 e. The molecule has 0 fully saturated rings. The van der Waals surface area contributed by atoms with Gasteiger partial charge >= 0.3 is 0 Å². The van der Waals surface area contributed by atoms with Gasteiger partial charge in [0, 0.05) is 12.7 Å². The Labute approximate surface area is 105 Å². The van der Waals surface area contributed by atoms with E-state index in [4.69, 9.17) is 5.73 Å². The van der Waals surface area contributed by atoms with E-state index in [9.17, 15) is 8.78 Å². The van der Waals surface area contributed by atoms with Crippen molar-refractivity contribution in [3.63, 3.8) is 0 Å². The molecule has 0 saturated carbocycles. The van der Waals surface area contributed by atoms with E-state index in [0.29, 0.717) is 16.9 Å². The molecule has 0 aromatic heterocycles. The third-order valence-electron chi connectivity index (χ3n) is 2.88. The fraction of sp³-hybridized carbons (Fsp3) is 0.143. The number of aryl methyl sites for hydroxylation is 1. The van der Waals surface area contributed by atoms with Gasteiger partial charge in [-0.3, -0.25) is 0 Å². The van der Waals surface area contributed by atoms with Crippen molar-refractivity contribution < 1.29 is 8.78 Å². The van der Waals surface area contributed by atoms with Crippen molar-refractivity contribution in [2.75, 3.05) is 17.7 Å². The Hall–Kier alpha value is -2.10. The predicted octanol–water partition coefficient (Wildman–Crippen LogP) is 3.62. The van der Waals surface area contributed by atoms with Crippen LogP contribution in [0, 0.1) is 18.6 Å². The summed E-state index contributed by atoms with van der Waals surface area (Å²) in [7, 11) is 1.76. The zero-order chi connectivity index (χ0) is 13.3. The van der Waals surface area contributed by atoms with Crippen LogP contribution in [-0.2, 0) is 0 Å². The van der Waals surface area contributed by atoms with E-state index in [2.05, 4.69) is 0 Å². The molecule has 0 aliphatic rings. The molecule has 2 aromatic rings. The van der Waals surface area contributed by atoms with Gasteiger partial charge in [0.15, 0.2) is 0 Å². The molecule has 0 unspecified atom stereocenters. The lowest BCUT2D eigenvalue weighted by Gasteiger charge is -2.21. The highest BCUT2D eigenvalue weighted by Crippen LogP contribution is 2.30. The highest BCUT2D eigenvalue weighted by atomic mass is 19.1. The number of rotatable bonds is 2. The summed E-state index contributed by atoms with van der Waals surface area (Å²) in [6.07, 6.45) is 0. The number of anilines is 3. The lowest BCUT2D eigenvalue weighted by molar-refractivity contribution is 0.618. The Morgan fingerprint density at radius 3 is 2.44 bits per heavy atom. The van der Waals surface area contributed by atoms with Gasteiger partial charge in [-0.05, 0) is 48.9 Å². The van der Waals surface area contributed by atoms with Crippen molar-refractivity contribution >= 4 is 17.1 Å². The zero-order valence-corrected chi connectivity index (χ0v) is 10.2. The summed E-state index contributed by atoms with van der Waals surface area (Å²) in [6, 6.07) is 8.89. The maximum atomic E-state index is 13.2. The summed E-state index contributed by atoms with van der Waals surface area (Å²) < 4.78 is 26.4. The Balaban J connectivity index is 2.44. The summed E-state index contributed by atoms with van der Waals surface area (Å²) in [4.78, 5) is 1.73. The monoisotopic (exact) mass is 248 g/mol. The van der Waals surface area contributed by atoms with E-state index in [1.807, 2.05) is 0 Å². The number of nitrogen functional groups attached to an aromatic ring is 1. The van der Waals surface area contributed by atoms with Gasteiger partial charge in [0.2, 0.25) is 0 Å². The first-order valence-corrected chi connectivity index (χ1v) is 5.54. The van der Waals surface area contributed by atoms with Gasteiger partial charge in [-0.1, -0.05) is 0 Å². The van der Waals surface area contributed by atoms with Gasteiger partial charge < -0.3 is 10.6 Å². The molecular weight excluding hydrogens is 234 g/mol. The summed E-state index contributed by atoms with van der Waals surface area (Å²) in [6.45, 7) is 1.68. The molecule has 0 saturated heterocycles. The molecule has 0 heterocycles. The van der Waals surface area contributed by atoms with E-state index in [0.717, 1.165) is 5.69 Å². The molecule has 2 N–H and O–H groups in total. The van der Waals surface area contributed by atoms with E-state index >= 15 is 0 Å². The number of halogens is 2. The van der Waals surface area contributed by atoms with Gasteiger partial charge in [0.05, 0.1) is 11.4 Å². The molecule has 0 spiro atoms. The molecule has 4 heteroatoms. The smallest absolute Gasteiger partial charge is 0.126 e. The minimum absolute atomic E-state index is 0.264. The number of hydrogen-bond acceptors (Lipinski definition) is 2. The molecule has 2 rings (SSSR count). The van der Waals surface area contributed by atoms with Crippen LogP contribution in [0.25, 0.3) is 0 Å². The Kier molecular flexibility index (Phi) is 3.19. The quantitative estimate of drug-likeness (QED) is 0.822. The first-order valence-electron chi connectivity index (χ1n) is 5.54. The van der Waals surface area contributed by atoms with Crippen molar-refractivity contribution in [2.45, 2.75) is 6.92 Å². The average molecular weight is 248 g/mol. The molecule has 0 aliphatic carbocycles. The van der Waals surface area contributed by atoms with Gasteiger partial charge in [0.25, 0.3) is 0 Å². The van der Waals surface area contributed by atoms with Crippen LogP contribution in [-0.4, -0.2) is 7.05 Å². The van der Waals surface area contributed by atoms with Crippen molar-refractivity contribution in [1.82, 2.24) is 0 Å². The number of nitrogens with two attached hydrogens (primary N) is 1. The van der Waals surface area contributed by atoms with Crippen molar-refractivity contribution in [2.24, 2.45) is 0 Å². The summed E-state index contributed by atoms with van der Waals surface area (Å²) in [5, 5.41) is 0. The van der Waals surface area contributed by atoms with Crippen LogP contribution in [0.5, 0.6) is 0 Å². The molecule has 2 nitrogen and oxygen atoms in total. The van der Waals surface area contributed by atoms with E-state index < -0.39 is 0 Å². The fourth-order valence-corrected chi connectivity index (χ4v) is 1.78. The molecule has 0 atom stereocenters. The molecule has 0 amide bonds. The maximum Gasteiger partial charge on any atom is 0.126 e. The predicted molar refractivity (Wildman–Crippen MR) is 70.0 cm³/mol. The SMILES string of the molecule is Cc1cc(N(C)c2cc(F)ccc2N)ccc1F. The van der Waals surface area contributed by atoms with Crippen molar-refractivity contribution in [1.29, 1.82) is 0 Å². The highest BCUT2D eigenvalue weighted by Gasteiger charge is 2.10. The van der Waals surface area contributed by atoms with Crippen LogP contribution in [0.4, 0.5) is 25.8 Å². The summed E-state index contributed by atoms with van der Waals surface area (Å²) >= 11 is 0. The second-order valence-corrected chi connectivity index (χ2v) is 4.20. The number of benzene rings is 2. The van der Waals surface area contributed by atoms with Crippen LogP contribution in [0.15, 0.2) is 36.4 Å². The second-order valence-electron chi connectivity index (χ2n) is 4.20. The third-order valence-corrected chi connectivity index (χ3v) is 2.88. The van der Waals surface area contributed by atoms with Crippen molar-refractivity contribution in [3.05, 3.63) is 53.6 Å². The van der Waals surface area contributed by atoms with E-state index in [1.54, 1.807) is 31.0 Å². The van der Waals surface area contributed by atoms with Gasteiger partial charge in [-0.15, -0.1) is 0 Å². The van der Waals surface area contributed by atoms with Gasteiger partial charge in [-0.2, -0.15) is 0 Å². The van der Waals surface area contributed by atoms with Gasteiger partial charge in [0.1, 0.15) is 11.6 Å². The first kappa shape index (κ1) is 12.4. The maximum absolute atomic E-state index is 13.2. The highest BCUT2D eigenvalue weighted by molar-refractivity contribution is 5.74. The normalized spacial score (nSPS) is 10.4. The molecule has 0 radical (unpaired) electrons. The second kappa shape index (κ2) is 4.64. The van der Waals surface area contributed by atoms with Crippen LogP contribution in [0.3, 0.4) is 0 Å². The Morgan fingerprint density at radius 1 is 1.06 bits per heavy atom. The lowest BCUT2D eigenvalue weighted by Crippen LogP contribution is -2.12. The molecule has 0 aliphatic heterocycles. The molecule has 0 bridgehead atoms. The summed E-state index contributed by atoms with van der Waals surface area (Å²) in [5.41, 5.74) is 8.13. The topological polar surface area (TPSA) is 29.3 Å². The number of hydrogen-bond donors (Lipinski definition) is 1. The zero-order valence-electron chi connectivity index (χ0n) is 10.2. The summed E-state index contributed by atoms with van der Waals surface area (Å²) in [5.74, 6) is -0.621. The minimum atomic E-state index is -0.357. The van der Waals surface area contributed by atoms with Crippen LogP contribution in [0.1, 0.15) is 5.56 Å². The molecule has 18 heavy (non-hydrogen) atoms. The van der Waals surface area contributed by atoms with Gasteiger partial charge in [-0.25, -0.2) is 8.78 Å². The van der Waals surface area contributed by atoms with Crippen LogP contribution in [0.2, 0.25) is 0 Å². The van der Waals surface area contributed by atoms with Crippen molar-refractivity contribution in [3.8, 4) is 0 Å². The third kappa shape index (κ3) is 2.27. The Morgan fingerprint density at radius 2 is 1.78 bits per heavy atom. The van der Waals surface area contributed by atoms with E-state index in [1.165, 1.54) is 24.3 Å². The molecule has 2 aromatic carbocycles. The minimum Gasteiger partial charge on any atom is -0.397 e.